The van der Waals surface area contributed by atoms with Crippen LogP contribution in [0.3, 0.4) is 0 Å². The average molecular weight is 263 g/mol. The van der Waals surface area contributed by atoms with Crippen LogP contribution in [0.15, 0.2) is 28.8 Å². The highest BCUT2D eigenvalue weighted by Gasteiger charge is 2.13. The molecule has 4 nitrogen and oxygen atoms in total. The minimum Gasteiger partial charge on any atom is -0.339 e. The SMILES string of the molecule is CCNC(CC)Cc1nc(-c2cccc(F)c2)no1. The minimum atomic E-state index is -0.303. The molecule has 5 heteroatoms. The van der Waals surface area contributed by atoms with Gasteiger partial charge < -0.3 is 9.84 Å². The van der Waals surface area contributed by atoms with Gasteiger partial charge in [0.15, 0.2) is 0 Å². The van der Waals surface area contributed by atoms with Crippen molar-refractivity contribution in [1.29, 1.82) is 0 Å². The van der Waals surface area contributed by atoms with Crippen LogP contribution in [0.25, 0.3) is 11.4 Å². The number of nitrogens with zero attached hydrogens (tertiary/aromatic N) is 2. The van der Waals surface area contributed by atoms with E-state index in [2.05, 4.69) is 29.3 Å². The van der Waals surface area contributed by atoms with Crippen LogP contribution in [0.2, 0.25) is 0 Å². The van der Waals surface area contributed by atoms with E-state index in [0.717, 1.165) is 13.0 Å². The molecule has 2 aromatic rings. The zero-order valence-electron chi connectivity index (χ0n) is 11.2. The zero-order chi connectivity index (χ0) is 13.7. The molecule has 1 atom stereocenters. The number of likely N-dealkylation sites (N-methyl/N-ethyl adjacent to an activating group) is 1. The number of rotatable bonds is 6. The predicted octanol–water partition coefficient (Wildman–Crippen LogP) is 2.81. The molecule has 102 valence electrons. The monoisotopic (exact) mass is 263 g/mol. The Labute approximate surface area is 112 Å². The van der Waals surface area contributed by atoms with Gasteiger partial charge >= 0.3 is 0 Å². The zero-order valence-corrected chi connectivity index (χ0v) is 11.2. The number of halogens is 1. The van der Waals surface area contributed by atoms with E-state index in [4.69, 9.17) is 4.52 Å². The Kier molecular flexibility index (Phi) is 4.63. The second-order valence-electron chi connectivity index (χ2n) is 4.39. The topological polar surface area (TPSA) is 51.0 Å². The number of nitrogens with one attached hydrogen (secondary N) is 1. The van der Waals surface area contributed by atoms with Gasteiger partial charge in [-0.3, -0.25) is 0 Å². The van der Waals surface area contributed by atoms with E-state index in [1.807, 2.05) is 0 Å². The van der Waals surface area contributed by atoms with Crippen LogP contribution >= 0.6 is 0 Å². The van der Waals surface area contributed by atoms with Crippen LogP contribution in [0.5, 0.6) is 0 Å². The number of hydrogen-bond acceptors (Lipinski definition) is 4. The first-order valence-electron chi connectivity index (χ1n) is 6.54. The van der Waals surface area contributed by atoms with Crippen LogP contribution in [-0.4, -0.2) is 22.7 Å². The summed E-state index contributed by atoms with van der Waals surface area (Å²) < 4.78 is 18.3. The van der Waals surface area contributed by atoms with Gasteiger partial charge in [-0.25, -0.2) is 4.39 Å². The summed E-state index contributed by atoms with van der Waals surface area (Å²) in [5, 5.41) is 7.25. The van der Waals surface area contributed by atoms with Crippen LogP contribution in [-0.2, 0) is 6.42 Å². The van der Waals surface area contributed by atoms with Gasteiger partial charge in [-0.1, -0.05) is 31.1 Å². The van der Waals surface area contributed by atoms with Crippen LogP contribution < -0.4 is 5.32 Å². The van der Waals surface area contributed by atoms with Crippen LogP contribution in [0.4, 0.5) is 4.39 Å². The third-order valence-corrected chi connectivity index (χ3v) is 2.96. The van der Waals surface area contributed by atoms with Crippen molar-refractivity contribution in [2.45, 2.75) is 32.7 Å². The summed E-state index contributed by atoms with van der Waals surface area (Å²) >= 11 is 0. The summed E-state index contributed by atoms with van der Waals surface area (Å²) in [6, 6.07) is 6.51. The molecule has 1 aromatic heterocycles. The number of hydrogen-bond donors (Lipinski definition) is 1. The molecular weight excluding hydrogens is 245 g/mol. The van der Waals surface area contributed by atoms with Gasteiger partial charge in [0.2, 0.25) is 11.7 Å². The Morgan fingerprint density at radius 2 is 2.21 bits per heavy atom. The summed E-state index contributed by atoms with van der Waals surface area (Å²) in [5.74, 6) is 0.704. The fourth-order valence-corrected chi connectivity index (χ4v) is 1.94. The molecule has 0 fully saturated rings. The lowest BCUT2D eigenvalue weighted by Gasteiger charge is -2.12. The Bertz CT molecular complexity index is 527. The average Bonchev–Trinajstić information content (AvgIpc) is 2.87. The lowest BCUT2D eigenvalue weighted by molar-refractivity contribution is 0.355. The summed E-state index contributed by atoms with van der Waals surface area (Å²) in [5.41, 5.74) is 0.631. The summed E-state index contributed by atoms with van der Waals surface area (Å²) in [6.45, 7) is 5.08. The third kappa shape index (κ3) is 3.61. The molecule has 0 spiro atoms. The molecule has 0 amide bonds. The molecule has 0 saturated carbocycles. The second kappa shape index (κ2) is 6.43. The molecular formula is C14H18FN3O. The summed E-state index contributed by atoms with van der Waals surface area (Å²) in [4.78, 5) is 4.31. The van der Waals surface area contributed by atoms with E-state index in [0.29, 0.717) is 29.7 Å². The van der Waals surface area contributed by atoms with E-state index in [1.165, 1.54) is 12.1 Å². The van der Waals surface area contributed by atoms with E-state index in [9.17, 15) is 4.39 Å². The summed E-state index contributed by atoms with van der Waals surface area (Å²) in [6.07, 6.45) is 1.68. The van der Waals surface area contributed by atoms with E-state index < -0.39 is 0 Å². The molecule has 1 unspecified atom stereocenters. The lowest BCUT2D eigenvalue weighted by Crippen LogP contribution is -2.30. The molecule has 1 aromatic carbocycles. The maximum absolute atomic E-state index is 13.1. The highest BCUT2D eigenvalue weighted by atomic mass is 19.1. The van der Waals surface area contributed by atoms with Gasteiger partial charge in [-0.05, 0) is 25.1 Å². The number of benzene rings is 1. The molecule has 0 aliphatic carbocycles. The van der Waals surface area contributed by atoms with Crippen molar-refractivity contribution in [3.63, 3.8) is 0 Å². The highest BCUT2D eigenvalue weighted by molar-refractivity contribution is 5.53. The van der Waals surface area contributed by atoms with Crippen LogP contribution in [0, 0.1) is 5.82 Å². The van der Waals surface area contributed by atoms with Gasteiger partial charge in [0, 0.05) is 18.0 Å². The molecule has 2 rings (SSSR count). The maximum atomic E-state index is 13.1. The molecule has 0 aliphatic heterocycles. The Morgan fingerprint density at radius 1 is 1.37 bits per heavy atom. The Hall–Kier alpha value is -1.75. The van der Waals surface area contributed by atoms with E-state index in [1.54, 1.807) is 12.1 Å². The third-order valence-electron chi connectivity index (χ3n) is 2.96. The lowest BCUT2D eigenvalue weighted by atomic mass is 10.1. The van der Waals surface area contributed by atoms with Crippen molar-refractivity contribution >= 4 is 0 Å². The van der Waals surface area contributed by atoms with Crippen molar-refractivity contribution < 1.29 is 8.91 Å². The predicted molar refractivity (Wildman–Crippen MR) is 71.2 cm³/mol. The van der Waals surface area contributed by atoms with Gasteiger partial charge in [-0.2, -0.15) is 4.98 Å². The van der Waals surface area contributed by atoms with Gasteiger partial charge in [0.1, 0.15) is 5.82 Å². The van der Waals surface area contributed by atoms with Crippen molar-refractivity contribution in [2.24, 2.45) is 0 Å². The molecule has 1 N–H and O–H groups in total. The maximum Gasteiger partial charge on any atom is 0.228 e. The van der Waals surface area contributed by atoms with Crippen molar-refractivity contribution in [1.82, 2.24) is 15.5 Å². The fraction of sp³-hybridized carbons (Fsp3) is 0.429. The molecule has 0 aliphatic rings. The quantitative estimate of drug-likeness (QED) is 0.870. The van der Waals surface area contributed by atoms with Crippen LogP contribution in [0.1, 0.15) is 26.2 Å². The molecule has 0 radical (unpaired) electrons. The normalized spacial score (nSPS) is 12.6. The molecule has 1 heterocycles. The smallest absolute Gasteiger partial charge is 0.228 e. The van der Waals surface area contributed by atoms with E-state index >= 15 is 0 Å². The van der Waals surface area contributed by atoms with E-state index in [-0.39, 0.29) is 5.82 Å². The molecule has 19 heavy (non-hydrogen) atoms. The Balaban J connectivity index is 2.10. The summed E-state index contributed by atoms with van der Waals surface area (Å²) in [7, 11) is 0. The Morgan fingerprint density at radius 3 is 2.89 bits per heavy atom. The second-order valence-corrected chi connectivity index (χ2v) is 4.39. The van der Waals surface area contributed by atoms with Crippen molar-refractivity contribution in [3.05, 3.63) is 36.0 Å². The van der Waals surface area contributed by atoms with Gasteiger partial charge in [0.05, 0.1) is 0 Å². The fourth-order valence-electron chi connectivity index (χ4n) is 1.94. The van der Waals surface area contributed by atoms with Crippen molar-refractivity contribution in [2.75, 3.05) is 6.54 Å². The highest BCUT2D eigenvalue weighted by Crippen LogP contribution is 2.17. The minimum absolute atomic E-state index is 0.303. The first kappa shape index (κ1) is 13.7. The first-order valence-corrected chi connectivity index (χ1v) is 6.54. The number of aromatic nitrogens is 2. The molecule has 0 bridgehead atoms. The first-order chi connectivity index (χ1) is 9.22. The molecule has 0 saturated heterocycles. The van der Waals surface area contributed by atoms with Gasteiger partial charge in [0.25, 0.3) is 0 Å². The van der Waals surface area contributed by atoms with Crippen molar-refractivity contribution in [3.8, 4) is 11.4 Å². The van der Waals surface area contributed by atoms with Gasteiger partial charge in [-0.15, -0.1) is 0 Å². The largest absolute Gasteiger partial charge is 0.339 e. The standard InChI is InChI=1S/C14H18FN3O/c1-3-12(16-4-2)9-13-17-14(18-19-13)10-6-5-7-11(15)8-10/h5-8,12,16H,3-4,9H2,1-2H3.